The van der Waals surface area contributed by atoms with E-state index in [9.17, 15) is 10.1 Å². The summed E-state index contributed by atoms with van der Waals surface area (Å²) in [6.45, 7) is 2.16. The van der Waals surface area contributed by atoms with Crippen molar-refractivity contribution in [3.63, 3.8) is 0 Å². The molecule has 1 N–H and O–H groups in total. The smallest absolute Gasteiger partial charge is 0.269 e. The Balaban J connectivity index is 0.000000185. The number of benzene rings is 2. The number of nitrogens with zero attached hydrogens (tertiary/aromatic N) is 1. The van der Waals surface area contributed by atoms with E-state index < -0.39 is 0 Å². The first kappa shape index (κ1) is 17.7. The zero-order valence-electron chi connectivity index (χ0n) is 14.3. The summed E-state index contributed by atoms with van der Waals surface area (Å²) in [7, 11) is 1.95. The molecule has 0 bridgehead atoms. The summed E-state index contributed by atoms with van der Waals surface area (Å²) in [6, 6.07) is 15.0. The number of non-ortho nitro benzene ring substituents is 1. The van der Waals surface area contributed by atoms with Crippen LogP contribution >= 0.6 is 0 Å². The average Bonchev–Trinajstić information content (AvgIpc) is 2.59. The van der Waals surface area contributed by atoms with Crippen LogP contribution in [0.3, 0.4) is 0 Å². The van der Waals surface area contributed by atoms with Gasteiger partial charge in [0.05, 0.1) is 4.92 Å². The maximum Gasteiger partial charge on any atom is 0.269 e. The number of aryl methyl sites for hydroxylation is 1. The summed E-state index contributed by atoms with van der Waals surface area (Å²) >= 11 is 0. The van der Waals surface area contributed by atoms with Crippen LogP contribution in [0.5, 0.6) is 0 Å². The SMILES string of the molecule is CCc1ccccc1NC.O=[N+]([O-])c1ccc(C=C2CCC2)cc1. The summed E-state index contributed by atoms with van der Waals surface area (Å²) < 4.78 is 0. The molecular weight excluding hydrogens is 300 g/mol. The second kappa shape index (κ2) is 8.87. The van der Waals surface area contributed by atoms with Crippen LogP contribution in [0.2, 0.25) is 0 Å². The predicted octanol–water partition coefficient (Wildman–Crippen LogP) is 5.45. The van der Waals surface area contributed by atoms with Gasteiger partial charge in [0.1, 0.15) is 0 Å². The number of nitro benzene ring substituents is 1. The molecule has 0 unspecified atom stereocenters. The minimum atomic E-state index is -0.375. The standard InChI is InChI=1S/C11H11NO2.C9H13N/c13-12(14)11-6-4-10(5-7-11)8-9-2-1-3-9;1-3-8-6-4-5-7-9(8)10-2/h4-8H,1-3H2;4-7,10H,3H2,1-2H3. The number of anilines is 1. The lowest BCUT2D eigenvalue weighted by molar-refractivity contribution is -0.384. The number of allylic oxidation sites excluding steroid dienone is 1. The van der Waals surface area contributed by atoms with Crippen molar-refractivity contribution in [2.45, 2.75) is 32.6 Å². The average molecular weight is 324 g/mol. The topological polar surface area (TPSA) is 55.2 Å². The van der Waals surface area contributed by atoms with Crippen molar-refractivity contribution in [1.29, 1.82) is 0 Å². The van der Waals surface area contributed by atoms with Crippen LogP contribution < -0.4 is 5.32 Å². The number of rotatable bonds is 4. The molecule has 3 rings (SSSR count). The van der Waals surface area contributed by atoms with Gasteiger partial charge in [-0.05, 0) is 55.0 Å². The number of nitro groups is 1. The van der Waals surface area contributed by atoms with E-state index in [2.05, 4.69) is 36.5 Å². The third-order valence-corrected chi connectivity index (χ3v) is 4.14. The molecule has 1 aliphatic carbocycles. The van der Waals surface area contributed by atoms with Crippen LogP contribution in [0.4, 0.5) is 11.4 Å². The van der Waals surface area contributed by atoms with Crippen molar-refractivity contribution >= 4 is 17.5 Å². The minimum Gasteiger partial charge on any atom is -0.388 e. The third-order valence-electron chi connectivity index (χ3n) is 4.14. The molecule has 24 heavy (non-hydrogen) atoms. The number of hydrogen-bond acceptors (Lipinski definition) is 3. The quantitative estimate of drug-likeness (QED) is 0.600. The normalized spacial score (nSPS) is 12.5. The number of para-hydroxylation sites is 1. The minimum absolute atomic E-state index is 0.153. The maximum absolute atomic E-state index is 10.4. The summed E-state index contributed by atoms with van der Waals surface area (Å²) in [5.74, 6) is 0. The Morgan fingerprint density at radius 3 is 2.25 bits per heavy atom. The molecule has 126 valence electrons. The van der Waals surface area contributed by atoms with Crippen LogP contribution in [-0.4, -0.2) is 12.0 Å². The molecule has 0 atom stereocenters. The molecule has 0 amide bonds. The molecule has 0 radical (unpaired) electrons. The van der Waals surface area contributed by atoms with Gasteiger partial charge in [0, 0.05) is 24.9 Å². The van der Waals surface area contributed by atoms with Crippen molar-refractivity contribution in [3.8, 4) is 0 Å². The van der Waals surface area contributed by atoms with Crippen molar-refractivity contribution in [2.24, 2.45) is 0 Å². The van der Waals surface area contributed by atoms with Gasteiger partial charge in [-0.1, -0.05) is 36.8 Å². The molecule has 0 heterocycles. The van der Waals surface area contributed by atoms with Gasteiger partial charge >= 0.3 is 0 Å². The van der Waals surface area contributed by atoms with Crippen molar-refractivity contribution in [2.75, 3.05) is 12.4 Å². The first-order chi connectivity index (χ1) is 11.6. The van der Waals surface area contributed by atoms with E-state index in [1.54, 1.807) is 24.3 Å². The first-order valence-corrected chi connectivity index (χ1v) is 8.33. The van der Waals surface area contributed by atoms with Crippen LogP contribution in [0.1, 0.15) is 37.3 Å². The van der Waals surface area contributed by atoms with Gasteiger partial charge in [0.15, 0.2) is 0 Å². The molecule has 0 aliphatic heterocycles. The van der Waals surface area contributed by atoms with Crippen LogP contribution in [0.25, 0.3) is 6.08 Å². The Hall–Kier alpha value is -2.62. The molecule has 2 aromatic rings. The molecule has 1 fully saturated rings. The van der Waals surface area contributed by atoms with E-state index in [-0.39, 0.29) is 10.6 Å². The van der Waals surface area contributed by atoms with Crippen LogP contribution in [0.15, 0.2) is 54.1 Å². The lowest BCUT2D eigenvalue weighted by Gasteiger charge is -2.15. The first-order valence-electron chi connectivity index (χ1n) is 8.33. The van der Waals surface area contributed by atoms with E-state index in [0.29, 0.717) is 0 Å². The Kier molecular flexibility index (Phi) is 6.55. The van der Waals surface area contributed by atoms with Gasteiger partial charge in [0.25, 0.3) is 5.69 Å². The molecule has 0 saturated heterocycles. The molecule has 0 spiro atoms. The molecule has 0 aromatic heterocycles. The zero-order valence-corrected chi connectivity index (χ0v) is 14.3. The summed E-state index contributed by atoms with van der Waals surface area (Å²) in [5.41, 5.74) is 5.28. The fraction of sp³-hybridized carbons (Fsp3) is 0.300. The highest BCUT2D eigenvalue weighted by molar-refractivity contribution is 5.55. The van der Waals surface area contributed by atoms with E-state index in [1.165, 1.54) is 36.1 Å². The maximum atomic E-state index is 10.4. The highest BCUT2D eigenvalue weighted by atomic mass is 16.6. The number of hydrogen-bond donors (Lipinski definition) is 1. The highest BCUT2D eigenvalue weighted by Crippen LogP contribution is 2.27. The predicted molar refractivity (Wildman–Crippen MR) is 100 cm³/mol. The summed E-state index contributed by atoms with van der Waals surface area (Å²) in [6.07, 6.45) is 6.84. The summed E-state index contributed by atoms with van der Waals surface area (Å²) in [4.78, 5) is 10.0. The summed E-state index contributed by atoms with van der Waals surface area (Å²) in [5, 5.41) is 13.5. The molecule has 4 heteroatoms. The molecule has 2 aromatic carbocycles. The van der Waals surface area contributed by atoms with E-state index >= 15 is 0 Å². The Morgan fingerprint density at radius 1 is 1.12 bits per heavy atom. The van der Waals surface area contributed by atoms with Gasteiger partial charge < -0.3 is 5.32 Å². The second-order valence-corrected chi connectivity index (χ2v) is 5.77. The van der Waals surface area contributed by atoms with Gasteiger partial charge in [-0.3, -0.25) is 10.1 Å². The lowest BCUT2D eigenvalue weighted by Crippen LogP contribution is -1.95. The monoisotopic (exact) mass is 324 g/mol. The van der Waals surface area contributed by atoms with Crippen LogP contribution in [0, 0.1) is 10.1 Å². The van der Waals surface area contributed by atoms with E-state index in [0.717, 1.165) is 12.0 Å². The van der Waals surface area contributed by atoms with E-state index in [1.807, 2.05) is 13.1 Å². The Bertz CT molecular complexity index is 677. The van der Waals surface area contributed by atoms with Crippen LogP contribution in [-0.2, 0) is 6.42 Å². The Labute approximate surface area is 143 Å². The zero-order chi connectivity index (χ0) is 17.4. The molecular formula is C20H24N2O2. The van der Waals surface area contributed by atoms with Crippen molar-refractivity contribution in [1.82, 2.24) is 0 Å². The largest absolute Gasteiger partial charge is 0.388 e. The lowest BCUT2D eigenvalue weighted by atomic mass is 9.91. The second-order valence-electron chi connectivity index (χ2n) is 5.77. The van der Waals surface area contributed by atoms with E-state index in [4.69, 9.17) is 0 Å². The Morgan fingerprint density at radius 2 is 1.79 bits per heavy atom. The van der Waals surface area contributed by atoms with Gasteiger partial charge in [-0.25, -0.2) is 0 Å². The molecule has 1 aliphatic rings. The van der Waals surface area contributed by atoms with Gasteiger partial charge in [-0.15, -0.1) is 0 Å². The fourth-order valence-electron chi connectivity index (χ4n) is 2.53. The molecule has 4 nitrogen and oxygen atoms in total. The third kappa shape index (κ3) is 4.95. The van der Waals surface area contributed by atoms with Gasteiger partial charge in [0.2, 0.25) is 0 Å². The molecule has 1 saturated carbocycles. The number of nitrogens with one attached hydrogen (secondary N) is 1. The fourth-order valence-corrected chi connectivity index (χ4v) is 2.53. The van der Waals surface area contributed by atoms with Crippen molar-refractivity contribution in [3.05, 3.63) is 75.3 Å². The van der Waals surface area contributed by atoms with Crippen molar-refractivity contribution < 1.29 is 4.92 Å². The van der Waals surface area contributed by atoms with Gasteiger partial charge in [-0.2, -0.15) is 0 Å². The highest BCUT2D eigenvalue weighted by Gasteiger charge is 2.08.